The quantitative estimate of drug-likeness (QED) is 0.0685. The van der Waals surface area contributed by atoms with Crippen molar-refractivity contribution in [3.8, 4) is 0 Å². The van der Waals surface area contributed by atoms with Crippen molar-refractivity contribution in [1.29, 1.82) is 0 Å². The first kappa shape index (κ1) is 53.9. The van der Waals surface area contributed by atoms with Crippen molar-refractivity contribution in [1.82, 2.24) is 38.5 Å². The molecule has 8 aromatic rings. The van der Waals surface area contributed by atoms with Crippen LogP contribution in [0.15, 0.2) is 110 Å². The molecule has 8 heterocycles. The molecule has 0 atom stereocenters. The molecule has 0 aliphatic carbocycles. The van der Waals surface area contributed by atoms with Gasteiger partial charge in [0.05, 0.1) is 71.4 Å². The fraction of sp³-hybridized carbons (Fsp3) is 0.150. The number of aromatic nitrogens is 8. The maximum absolute atomic E-state index is 11.7. The van der Waals surface area contributed by atoms with Crippen LogP contribution in [0.5, 0.6) is 0 Å². The van der Waals surface area contributed by atoms with Gasteiger partial charge in [0.2, 0.25) is 5.91 Å². The normalized spacial score (nSPS) is 9.84. The predicted molar refractivity (Wildman–Crippen MR) is 241 cm³/mol. The minimum Gasteiger partial charge on any atom is -0.478 e. The summed E-state index contributed by atoms with van der Waals surface area (Å²) in [4.78, 5) is 58.2. The molecule has 0 unspecified atom stereocenters. The van der Waals surface area contributed by atoms with Crippen molar-refractivity contribution < 1.29 is 43.1 Å². The molecule has 0 aliphatic heterocycles. The first-order valence-electron chi connectivity index (χ1n) is 16.7. The summed E-state index contributed by atoms with van der Waals surface area (Å²) in [5.41, 5.74) is 10.4. The number of hydrogen-bond donors (Lipinski definition) is 2. The van der Waals surface area contributed by atoms with Crippen molar-refractivity contribution in [3.05, 3.63) is 149 Å². The van der Waals surface area contributed by atoms with E-state index in [9.17, 15) is 28.5 Å². The van der Waals surface area contributed by atoms with Crippen LogP contribution in [-0.4, -0.2) is 87.4 Å². The molecule has 0 spiro atoms. The number of halogens is 3. The third-order valence-electron chi connectivity index (χ3n) is 7.56. The lowest BCUT2D eigenvalue weighted by Crippen LogP contribution is -2.10. The summed E-state index contributed by atoms with van der Waals surface area (Å²) in [6, 6.07) is 16.4. The van der Waals surface area contributed by atoms with Crippen LogP contribution < -0.4 is 5.73 Å². The number of aromatic carboxylic acids is 1. The Labute approximate surface area is 375 Å². The Morgan fingerprint density at radius 3 is 1.79 bits per heavy atom. The largest absolute Gasteiger partial charge is 0.478 e. The lowest BCUT2D eigenvalue weighted by Gasteiger charge is -2.02. The van der Waals surface area contributed by atoms with Gasteiger partial charge in [0.15, 0.2) is 12.0 Å². The average molecular weight is 944 g/mol. The van der Waals surface area contributed by atoms with Gasteiger partial charge in [-0.25, -0.2) is 37.3 Å². The number of ether oxygens (including phenoxy) is 2. The number of carboxylic acids is 1. The highest BCUT2D eigenvalue weighted by molar-refractivity contribution is 8.24. The summed E-state index contributed by atoms with van der Waals surface area (Å²) in [7, 11) is 1.30. The number of nitrogens with two attached hydrogens (primary N) is 1. The number of fused-ring (bicyclic) bond motifs is 4. The number of amides is 1. The highest BCUT2D eigenvalue weighted by Crippen LogP contribution is 2.61. The molecule has 19 nitrogen and oxygen atoms in total. The summed E-state index contributed by atoms with van der Waals surface area (Å²) in [5, 5.41) is 21.3. The molecule has 0 saturated heterocycles. The number of pyridine rings is 4. The number of esters is 2. The zero-order valence-corrected chi connectivity index (χ0v) is 34.2. The van der Waals surface area contributed by atoms with Gasteiger partial charge in [-0.2, -0.15) is 20.4 Å². The maximum atomic E-state index is 11.7. The summed E-state index contributed by atoms with van der Waals surface area (Å²) >= 11 is 13.8. The van der Waals surface area contributed by atoms with Gasteiger partial charge >= 0.3 is 23.1 Å². The van der Waals surface area contributed by atoms with Crippen LogP contribution in [0.2, 0.25) is 0 Å². The Hall–Kier alpha value is -7.10. The van der Waals surface area contributed by atoms with Crippen LogP contribution in [0.3, 0.4) is 0 Å². The molecule has 0 bridgehead atoms. The molecule has 332 valence electrons. The van der Waals surface area contributed by atoms with Gasteiger partial charge in [-0.1, -0.05) is 22.3 Å². The Morgan fingerprint density at radius 2 is 1.27 bits per heavy atom. The molecule has 0 aromatic carbocycles. The first-order valence-corrected chi connectivity index (χ1v) is 21.1. The van der Waals surface area contributed by atoms with Crippen LogP contribution in [0.4, 0.5) is 5.69 Å². The second-order valence-electron chi connectivity index (χ2n) is 11.4. The van der Waals surface area contributed by atoms with E-state index in [1.807, 2.05) is 6.07 Å². The van der Waals surface area contributed by atoms with E-state index in [4.69, 9.17) is 22.1 Å². The van der Waals surface area contributed by atoms with Crippen molar-refractivity contribution in [3.63, 3.8) is 0 Å². The van der Waals surface area contributed by atoms with Crippen molar-refractivity contribution >= 4 is 96.8 Å². The van der Waals surface area contributed by atoms with Crippen LogP contribution in [0.25, 0.3) is 26.9 Å². The van der Waals surface area contributed by atoms with Crippen molar-refractivity contribution in [2.75, 3.05) is 13.7 Å². The smallest absolute Gasteiger partial charge is 0.341 e. The number of nitrogens with zero attached hydrogens (tertiary/aromatic N) is 9. The third-order valence-corrected chi connectivity index (χ3v) is 7.56. The van der Waals surface area contributed by atoms with Gasteiger partial charge in [0.25, 0.3) is 0 Å². The van der Waals surface area contributed by atoms with E-state index in [1.165, 1.54) is 30.1 Å². The Morgan fingerprint density at radius 1 is 0.762 bits per heavy atom. The van der Waals surface area contributed by atoms with Gasteiger partial charge in [0, 0.05) is 42.7 Å². The topological polar surface area (TPSA) is 241 Å². The van der Waals surface area contributed by atoms with E-state index >= 15 is 0 Å². The summed E-state index contributed by atoms with van der Waals surface area (Å²) in [6.45, 7) is 8.82. The lowest BCUT2D eigenvalue weighted by molar-refractivity contribution is 0.0526. The number of carboxylic acid groups (broad SMARTS) is 1. The van der Waals surface area contributed by atoms with E-state index in [1.54, 1.807) is 106 Å². The zero-order chi connectivity index (χ0) is 44.0. The van der Waals surface area contributed by atoms with Gasteiger partial charge < -0.3 is 20.3 Å². The summed E-state index contributed by atoms with van der Waals surface area (Å²) in [5.74, 6) is -2.26. The van der Waals surface area contributed by atoms with Gasteiger partial charge in [-0.05, 0) is 101 Å². The van der Waals surface area contributed by atoms with E-state index in [0.29, 0.717) is 39.0 Å². The molecule has 0 saturated carbocycles. The molecular formula is C40H42Cl3N10O9P. The Bertz CT molecular complexity index is 2820. The molecule has 63 heavy (non-hydrogen) atoms. The van der Waals surface area contributed by atoms with E-state index in [2.05, 4.69) is 63.7 Å². The number of methoxy groups -OCH3 is 1. The Balaban J connectivity index is 0.000000404. The number of carbonyl (C=O) groups excluding carboxylic acids is 4. The van der Waals surface area contributed by atoms with E-state index in [0.717, 1.165) is 17.3 Å². The summed E-state index contributed by atoms with van der Waals surface area (Å²) in [6.07, 6.45) is 13.5. The molecule has 0 aliphatic rings. The molecule has 8 aromatic heterocycles. The van der Waals surface area contributed by atoms with Crippen LogP contribution in [0.1, 0.15) is 81.0 Å². The van der Waals surface area contributed by atoms with Crippen LogP contribution in [-0.2, 0) is 14.0 Å². The lowest BCUT2D eigenvalue weighted by atomic mass is 10.2. The molecular weight excluding hydrogens is 902 g/mol. The van der Waals surface area contributed by atoms with Gasteiger partial charge in [-0.3, -0.25) is 14.2 Å². The molecule has 1 amide bonds. The number of rotatable bonds is 6. The molecule has 0 fully saturated rings. The third kappa shape index (κ3) is 15.4. The fourth-order valence-corrected chi connectivity index (χ4v) is 4.87. The predicted octanol–water partition coefficient (Wildman–Crippen LogP) is 9.18. The van der Waals surface area contributed by atoms with Crippen LogP contribution >= 0.6 is 38.9 Å². The molecule has 8 rings (SSSR count). The van der Waals surface area contributed by atoms with Crippen molar-refractivity contribution in [2.24, 2.45) is 5.73 Å². The average Bonchev–Trinajstić information content (AvgIpc) is 4.05. The number of carbonyl (C=O) groups is 5. The number of aldehydes is 1. The van der Waals surface area contributed by atoms with Crippen molar-refractivity contribution in [2.45, 2.75) is 29.2 Å². The highest BCUT2D eigenvalue weighted by Gasteiger charge is 2.16. The summed E-state index contributed by atoms with van der Waals surface area (Å²) < 4.78 is 25.4. The van der Waals surface area contributed by atoms with Crippen LogP contribution in [0, 0.1) is 6.57 Å². The minimum absolute atomic E-state index is 0. The Kier molecular flexibility index (Phi) is 21.4. The van der Waals surface area contributed by atoms with Gasteiger partial charge in [0.1, 0.15) is 5.56 Å². The second kappa shape index (κ2) is 25.0. The van der Waals surface area contributed by atoms with E-state index in [-0.39, 0.29) is 34.5 Å². The SMILES string of the molecule is C.C.C.CCOC(=O)c1cnn2ccc(C(=O)OC)cc12.NC(=O)c1ccn2nccc2c1.O=C(O)c1ccn2nccc2c1.O=P(Cl)(Cl)Cl.[C-]#[N+]c1ccn2ncc(C=O)c2c1. The maximum Gasteiger partial charge on any atom is 0.341 e. The first-order chi connectivity index (χ1) is 28.6. The number of primary amides is 1. The highest BCUT2D eigenvalue weighted by atomic mass is 36.0. The molecule has 23 heteroatoms. The second-order valence-corrected chi connectivity index (χ2v) is 18.0. The fourth-order valence-electron chi connectivity index (χ4n) is 4.87. The van der Waals surface area contributed by atoms with E-state index < -0.39 is 29.0 Å². The molecule has 3 N–H and O–H groups in total. The standard InChI is InChI=1S/C12H12N2O4.C9H5N3O.C8H7N3O.C8H6N2O2.3CH4.Cl3OP/c1-3-18-12(16)9-7-13-14-5-4-8(6-10(9)14)11(15)17-2;1-10-8-2-3-12-9(4-8)7(6-13)5-11-12;9-8(12)6-2-4-11-7(5-6)1-3-10-11;11-8(12)6-2-4-10-7(5-6)1-3-9-10;;;;1-5(2,3)4/h4-7H,3H2,1-2H3;2-6H;1-5H,(H2,9,12);1-5H,(H,11,12);3*1H4;. The monoisotopic (exact) mass is 942 g/mol. The van der Waals surface area contributed by atoms with Gasteiger partial charge in [-0.15, -0.1) is 0 Å². The zero-order valence-electron chi connectivity index (χ0n) is 31.1. The molecule has 0 radical (unpaired) electrons. The number of hydrogen-bond acceptors (Lipinski definition) is 12. The minimum atomic E-state index is -3.22.